The van der Waals surface area contributed by atoms with Crippen LogP contribution in [0.2, 0.25) is 0 Å². The highest BCUT2D eigenvalue weighted by Crippen LogP contribution is 2.37. The number of hydrogen-bond acceptors (Lipinski definition) is 7. The molecule has 0 bridgehead atoms. The quantitative estimate of drug-likeness (QED) is 0.133. The van der Waals surface area contributed by atoms with Crippen LogP contribution in [0.4, 0.5) is 5.69 Å². The van der Waals surface area contributed by atoms with E-state index in [9.17, 15) is 14.4 Å². The third-order valence-corrected chi connectivity index (χ3v) is 8.27. The van der Waals surface area contributed by atoms with Gasteiger partial charge in [0.05, 0.1) is 17.9 Å². The van der Waals surface area contributed by atoms with E-state index in [0.717, 1.165) is 0 Å². The fourth-order valence-electron chi connectivity index (χ4n) is 3.22. The number of ether oxygens (including phenoxy) is 2. The summed E-state index contributed by atoms with van der Waals surface area (Å²) in [6.07, 6.45) is 2.14. The second kappa shape index (κ2) is 15.9. The Morgan fingerprint density at radius 2 is 1.25 bits per heavy atom. The molecule has 180 valence electrons. The van der Waals surface area contributed by atoms with Crippen LogP contribution in [0.5, 0.6) is 0 Å². The van der Waals surface area contributed by atoms with Gasteiger partial charge in [-0.3, -0.25) is 14.4 Å². The topological polar surface area (TPSA) is 122 Å². The van der Waals surface area contributed by atoms with Crippen molar-refractivity contribution in [2.45, 2.75) is 50.7 Å². The number of rotatable bonds is 16. The van der Waals surface area contributed by atoms with Gasteiger partial charge in [-0.05, 0) is 93.5 Å². The zero-order valence-electron chi connectivity index (χ0n) is 18.0. The zero-order chi connectivity index (χ0) is 24.3. The molecular formula is C21H28I3NO7. The van der Waals surface area contributed by atoms with E-state index in [2.05, 4.69) is 5.32 Å². The van der Waals surface area contributed by atoms with Crippen LogP contribution < -0.4 is 5.32 Å². The molecule has 0 saturated heterocycles. The first kappa shape index (κ1) is 30.1. The van der Waals surface area contributed by atoms with Crippen LogP contribution in [0.25, 0.3) is 0 Å². The number of carbonyl (C=O) groups excluding carboxylic acids is 3. The molecule has 11 heteroatoms. The maximum absolute atomic E-state index is 13.1. The van der Waals surface area contributed by atoms with Crippen molar-refractivity contribution in [2.24, 2.45) is 0 Å². The summed E-state index contributed by atoms with van der Waals surface area (Å²) in [7, 11) is 3.08. The molecule has 0 aliphatic rings. The number of nitrogens with one attached hydrogen (secondary N) is 1. The fraction of sp³-hybridized carbons (Fsp3) is 0.571. The van der Waals surface area contributed by atoms with Gasteiger partial charge in [-0.25, -0.2) is 0 Å². The van der Waals surface area contributed by atoms with Gasteiger partial charge in [-0.1, -0.05) is 0 Å². The van der Waals surface area contributed by atoms with Crippen molar-refractivity contribution in [3.8, 4) is 0 Å². The summed E-state index contributed by atoms with van der Waals surface area (Å²) in [4.78, 5) is 37.5. The van der Waals surface area contributed by atoms with Crippen LogP contribution in [-0.4, -0.2) is 67.8 Å². The van der Waals surface area contributed by atoms with Gasteiger partial charge in [-0.2, -0.15) is 0 Å². The first-order chi connectivity index (χ1) is 15.3. The van der Waals surface area contributed by atoms with Gasteiger partial charge < -0.3 is 25.0 Å². The van der Waals surface area contributed by atoms with Crippen molar-refractivity contribution >= 4 is 91.4 Å². The monoisotopic (exact) mass is 787 g/mol. The Labute approximate surface area is 229 Å². The molecule has 2 atom stereocenters. The number of hydrogen-bond donors (Lipinski definition) is 3. The van der Waals surface area contributed by atoms with Gasteiger partial charge in [0.25, 0.3) is 0 Å². The Bertz CT molecular complexity index is 747. The average molecular weight is 787 g/mol. The highest BCUT2D eigenvalue weighted by Gasteiger charge is 2.28. The van der Waals surface area contributed by atoms with Crippen LogP contribution in [0.15, 0.2) is 0 Å². The molecule has 0 saturated carbocycles. The summed E-state index contributed by atoms with van der Waals surface area (Å²) < 4.78 is 12.3. The molecule has 0 spiro atoms. The number of carbonyl (C=O) groups is 3. The molecule has 2 unspecified atom stereocenters. The number of Topliss-reactive ketones (excluding diaryl/α,β-unsaturated/α-hetero) is 2. The molecule has 0 heterocycles. The minimum absolute atomic E-state index is 0.0316. The van der Waals surface area contributed by atoms with Gasteiger partial charge in [0.2, 0.25) is 6.41 Å². The number of methoxy groups -OCH3 is 2. The molecule has 1 rings (SSSR count). The van der Waals surface area contributed by atoms with E-state index in [4.69, 9.17) is 19.7 Å². The number of aliphatic hydroxyl groups excluding tert-OH is 2. The van der Waals surface area contributed by atoms with E-state index >= 15 is 0 Å². The summed E-state index contributed by atoms with van der Waals surface area (Å²) in [6.45, 7) is -0.0633. The Balaban J connectivity index is 3.31. The Morgan fingerprint density at radius 3 is 1.56 bits per heavy atom. The largest absolute Gasteiger partial charge is 0.396 e. The van der Waals surface area contributed by atoms with Gasteiger partial charge >= 0.3 is 0 Å². The molecule has 32 heavy (non-hydrogen) atoms. The SMILES string of the molecule is COC(CCO)CCC(=O)c1c(I)c(NC=O)c(I)c(C(=O)CCC(CCO)OC)c1I. The molecule has 0 aromatic heterocycles. The summed E-state index contributed by atoms with van der Waals surface area (Å²) in [6, 6.07) is 0. The summed E-state index contributed by atoms with van der Waals surface area (Å²) in [5, 5.41) is 20.9. The maximum Gasteiger partial charge on any atom is 0.211 e. The molecule has 3 N–H and O–H groups in total. The van der Waals surface area contributed by atoms with Crippen molar-refractivity contribution in [3.05, 3.63) is 21.8 Å². The van der Waals surface area contributed by atoms with Gasteiger partial charge in [0.1, 0.15) is 0 Å². The predicted molar refractivity (Wildman–Crippen MR) is 146 cm³/mol. The van der Waals surface area contributed by atoms with Crippen molar-refractivity contribution in [1.29, 1.82) is 0 Å². The van der Waals surface area contributed by atoms with E-state index in [0.29, 0.717) is 59.6 Å². The summed E-state index contributed by atoms with van der Waals surface area (Å²) >= 11 is 6.07. The van der Waals surface area contributed by atoms with Gasteiger partial charge in [0, 0.05) is 62.1 Å². The lowest BCUT2D eigenvalue weighted by molar-refractivity contribution is -0.105. The number of ketones is 2. The Kier molecular flexibility index (Phi) is 14.9. The number of anilines is 1. The molecule has 0 fully saturated rings. The summed E-state index contributed by atoms with van der Waals surface area (Å²) in [5.74, 6) is -0.318. The molecule has 8 nitrogen and oxygen atoms in total. The van der Waals surface area contributed by atoms with E-state index in [1.807, 2.05) is 67.8 Å². The third kappa shape index (κ3) is 8.37. The van der Waals surface area contributed by atoms with E-state index < -0.39 is 0 Å². The van der Waals surface area contributed by atoms with E-state index in [-0.39, 0.29) is 49.8 Å². The van der Waals surface area contributed by atoms with Crippen molar-refractivity contribution in [3.63, 3.8) is 0 Å². The Hall–Kier alpha value is 0.0600. The van der Waals surface area contributed by atoms with Gasteiger partial charge in [0.15, 0.2) is 11.6 Å². The normalized spacial score (nSPS) is 13.0. The molecule has 1 amide bonds. The molecule has 1 aromatic carbocycles. The fourth-order valence-corrected chi connectivity index (χ4v) is 7.90. The van der Waals surface area contributed by atoms with E-state index in [1.54, 1.807) is 0 Å². The Morgan fingerprint density at radius 1 is 0.844 bits per heavy atom. The zero-order valence-corrected chi connectivity index (χ0v) is 24.4. The first-order valence-corrected chi connectivity index (χ1v) is 13.2. The minimum Gasteiger partial charge on any atom is -0.396 e. The second-order valence-electron chi connectivity index (χ2n) is 6.99. The first-order valence-electron chi connectivity index (χ1n) is 10.0. The average Bonchev–Trinajstić information content (AvgIpc) is 2.76. The van der Waals surface area contributed by atoms with Gasteiger partial charge in [-0.15, -0.1) is 0 Å². The molecule has 0 aliphatic carbocycles. The van der Waals surface area contributed by atoms with Crippen molar-refractivity contribution < 1.29 is 34.1 Å². The lowest BCUT2D eigenvalue weighted by Crippen LogP contribution is -2.20. The van der Waals surface area contributed by atoms with Crippen molar-refractivity contribution in [2.75, 3.05) is 32.8 Å². The number of amides is 1. The third-order valence-electron chi connectivity index (χ3n) is 5.03. The van der Waals surface area contributed by atoms with Crippen LogP contribution in [0.1, 0.15) is 59.2 Å². The maximum atomic E-state index is 13.1. The predicted octanol–water partition coefficient (Wildman–Crippen LogP) is 3.79. The van der Waals surface area contributed by atoms with Crippen LogP contribution in [-0.2, 0) is 14.3 Å². The molecule has 0 aliphatic heterocycles. The molecular weight excluding hydrogens is 759 g/mol. The lowest BCUT2D eigenvalue weighted by atomic mass is 9.97. The van der Waals surface area contributed by atoms with E-state index in [1.165, 1.54) is 14.2 Å². The number of aliphatic hydroxyl groups is 2. The van der Waals surface area contributed by atoms with Crippen LogP contribution in [0, 0.1) is 10.7 Å². The molecule has 1 aromatic rings. The smallest absolute Gasteiger partial charge is 0.211 e. The highest BCUT2D eigenvalue weighted by atomic mass is 127. The minimum atomic E-state index is -0.241. The summed E-state index contributed by atoms with van der Waals surface area (Å²) in [5.41, 5.74) is 1.24. The van der Waals surface area contributed by atoms with Crippen molar-refractivity contribution in [1.82, 2.24) is 0 Å². The van der Waals surface area contributed by atoms with Crippen LogP contribution in [0.3, 0.4) is 0 Å². The number of halogens is 3. The number of benzene rings is 1. The second-order valence-corrected chi connectivity index (χ2v) is 10.2. The van der Waals surface area contributed by atoms with Crippen LogP contribution >= 0.6 is 67.8 Å². The lowest BCUT2D eigenvalue weighted by Gasteiger charge is -2.19. The highest BCUT2D eigenvalue weighted by molar-refractivity contribution is 14.1. The standard InChI is InChI=1S/C21H28I3NO7/c1-31-12(7-9-26)3-5-14(29)16-18(22)17(20(24)21(19(16)23)25-11-28)15(30)6-4-13(32-2)8-10-27/h11-13,26-27H,3-10H2,1-2H3,(H,25,28). The molecule has 0 radical (unpaired) electrons.